The van der Waals surface area contributed by atoms with E-state index in [2.05, 4.69) is 0 Å². The summed E-state index contributed by atoms with van der Waals surface area (Å²) in [6.45, 7) is 2.60. The lowest BCUT2D eigenvalue weighted by molar-refractivity contribution is 0.0921. The van der Waals surface area contributed by atoms with E-state index < -0.39 is 0 Å². The SMILES string of the molecule is CCOc1ccc(OCC(=O)c2ccc(SC)cc2)cc1. The Morgan fingerprint density at radius 1 is 0.952 bits per heavy atom. The van der Waals surface area contributed by atoms with Crippen molar-refractivity contribution in [3.8, 4) is 11.5 Å². The molecule has 0 spiro atoms. The van der Waals surface area contributed by atoms with Gasteiger partial charge in [-0.2, -0.15) is 0 Å². The van der Waals surface area contributed by atoms with Crippen molar-refractivity contribution in [3.63, 3.8) is 0 Å². The van der Waals surface area contributed by atoms with Crippen LogP contribution >= 0.6 is 11.8 Å². The molecule has 0 bridgehead atoms. The molecule has 21 heavy (non-hydrogen) atoms. The van der Waals surface area contributed by atoms with Crippen molar-refractivity contribution in [2.24, 2.45) is 0 Å². The molecule has 0 amide bonds. The average Bonchev–Trinajstić information content (AvgIpc) is 2.54. The van der Waals surface area contributed by atoms with Crippen molar-refractivity contribution < 1.29 is 14.3 Å². The molecule has 0 N–H and O–H groups in total. The van der Waals surface area contributed by atoms with Crippen molar-refractivity contribution in [2.75, 3.05) is 19.5 Å². The molecule has 4 heteroatoms. The summed E-state index contributed by atoms with van der Waals surface area (Å²) in [5.41, 5.74) is 0.665. The van der Waals surface area contributed by atoms with Gasteiger partial charge >= 0.3 is 0 Å². The summed E-state index contributed by atoms with van der Waals surface area (Å²) in [4.78, 5) is 13.2. The summed E-state index contributed by atoms with van der Waals surface area (Å²) >= 11 is 1.65. The molecule has 0 aliphatic carbocycles. The van der Waals surface area contributed by atoms with E-state index in [1.165, 1.54) is 0 Å². The maximum absolute atomic E-state index is 12.0. The van der Waals surface area contributed by atoms with Crippen LogP contribution in [0.5, 0.6) is 11.5 Å². The number of carbonyl (C=O) groups is 1. The van der Waals surface area contributed by atoms with E-state index in [-0.39, 0.29) is 12.4 Å². The third-order valence-electron chi connectivity index (χ3n) is 2.92. The lowest BCUT2D eigenvalue weighted by Crippen LogP contribution is -2.11. The van der Waals surface area contributed by atoms with Gasteiger partial charge in [-0.15, -0.1) is 11.8 Å². The van der Waals surface area contributed by atoms with Crippen LogP contribution < -0.4 is 9.47 Å². The molecule has 2 aromatic carbocycles. The van der Waals surface area contributed by atoms with Gasteiger partial charge in [0.1, 0.15) is 11.5 Å². The summed E-state index contributed by atoms with van der Waals surface area (Å²) in [6, 6.07) is 14.8. The number of hydrogen-bond acceptors (Lipinski definition) is 4. The lowest BCUT2D eigenvalue weighted by atomic mass is 10.1. The molecular weight excluding hydrogens is 284 g/mol. The zero-order valence-corrected chi connectivity index (χ0v) is 13.0. The van der Waals surface area contributed by atoms with Crippen molar-refractivity contribution in [1.29, 1.82) is 0 Å². The Labute approximate surface area is 129 Å². The maximum atomic E-state index is 12.0. The number of Topliss-reactive ketones (excluding diaryl/α,β-unsaturated/α-hetero) is 1. The van der Waals surface area contributed by atoms with Gasteiger partial charge in [-0.1, -0.05) is 12.1 Å². The molecule has 110 valence electrons. The Kier molecular flexibility index (Phi) is 5.69. The van der Waals surface area contributed by atoms with E-state index in [9.17, 15) is 4.79 Å². The van der Waals surface area contributed by atoms with Crippen LogP contribution in [0.25, 0.3) is 0 Å². The Morgan fingerprint density at radius 2 is 1.52 bits per heavy atom. The second-order valence-corrected chi connectivity index (χ2v) is 5.22. The van der Waals surface area contributed by atoms with Gasteiger partial charge in [0, 0.05) is 10.5 Å². The highest BCUT2D eigenvalue weighted by atomic mass is 32.2. The van der Waals surface area contributed by atoms with E-state index in [0.29, 0.717) is 17.9 Å². The molecule has 0 saturated carbocycles. The van der Waals surface area contributed by atoms with Crippen molar-refractivity contribution in [2.45, 2.75) is 11.8 Å². The second-order valence-electron chi connectivity index (χ2n) is 4.34. The van der Waals surface area contributed by atoms with E-state index in [0.717, 1.165) is 10.6 Å². The minimum Gasteiger partial charge on any atom is -0.494 e. The molecule has 0 radical (unpaired) electrons. The number of hydrogen-bond donors (Lipinski definition) is 0. The van der Waals surface area contributed by atoms with Crippen LogP contribution in [0.15, 0.2) is 53.4 Å². The maximum Gasteiger partial charge on any atom is 0.200 e. The first-order valence-corrected chi connectivity index (χ1v) is 7.98. The molecule has 0 atom stereocenters. The van der Waals surface area contributed by atoms with E-state index in [1.807, 2.05) is 49.6 Å². The Morgan fingerprint density at radius 3 is 2.05 bits per heavy atom. The van der Waals surface area contributed by atoms with Gasteiger partial charge in [-0.05, 0) is 49.6 Å². The van der Waals surface area contributed by atoms with Crippen LogP contribution in [-0.4, -0.2) is 25.3 Å². The quantitative estimate of drug-likeness (QED) is 0.570. The van der Waals surface area contributed by atoms with Gasteiger partial charge in [0.25, 0.3) is 0 Å². The largest absolute Gasteiger partial charge is 0.494 e. The standard InChI is InChI=1S/C17H18O3S/c1-3-19-14-6-8-15(9-7-14)20-12-17(18)13-4-10-16(21-2)11-5-13/h4-11H,3,12H2,1-2H3. The molecule has 0 aliphatic rings. The molecule has 2 aromatic rings. The predicted molar refractivity (Wildman–Crippen MR) is 85.7 cm³/mol. The minimum atomic E-state index is -0.0310. The van der Waals surface area contributed by atoms with Crippen LogP contribution in [0.1, 0.15) is 17.3 Å². The summed E-state index contributed by atoms with van der Waals surface area (Å²) in [5.74, 6) is 1.42. The molecule has 0 heterocycles. The predicted octanol–water partition coefficient (Wildman–Crippen LogP) is 4.07. The topological polar surface area (TPSA) is 35.5 Å². The first kappa shape index (κ1) is 15.4. The number of thioether (sulfide) groups is 1. The van der Waals surface area contributed by atoms with E-state index in [1.54, 1.807) is 23.9 Å². The fraction of sp³-hybridized carbons (Fsp3) is 0.235. The van der Waals surface area contributed by atoms with Gasteiger partial charge in [-0.3, -0.25) is 4.79 Å². The smallest absolute Gasteiger partial charge is 0.200 e. The highest BCUT2D eigenvalue weighted by Crippen LogP contribution is 2.18. The summed E-state index contributed by atoms with van der Waals surface area (Å²) in [6.07, 6.45) is 2.01. The molecule has 0 aliphatic heterocycles. The summed E-state index contributed by atoms with van der Waals surface area (Å²) in [5, 5.41) is 0. The molecule has 2 rings (SSSR count). The first-order valence-electron chi connectivity index (χ1n) is 6.76. The van der Waals surface area contributed by atoms with Crippen LogP contribution in [-0.2, 0) is 0 Å². The normalized spacial score (nSPS) is 10.2. The fourth-order valence-electron chi connectivity index (χ4n) is 1.81. The molecule has 0 unspecified atom stereocenters. The third kappa shape index (κ3) is 4.53. The van der Waals surface area contributed by atoms with Gasteiger partial charge in [-0.25, -0.2) is 0 Å². The van der Waals surface area contributed by atoms with Gasteiger partial charge in [0.15, 0.2) is 12.4 Å². The summed E-state index contributed by atoms with van der Waals surface area (Å²) in [7, 11) is 0. The fourth-order valence-corrected chi connectivity index (χ4v) is 2.22. The number of ketones is 1. The van der Waals surface area contributed by atoms with Crippen molar-refractivity contribution in [3.05, 3.63) is 54.1 Å². The van der Waals surface area contributed by atoms with E-state index in [4.69, 9.17) is 9.47 Å². The van der Waals surface area contributed by atoms with Crippen LogP contribution in [0.4, 0.5) is 0 Å². The highest BCUT2D eigenvalue weighted by Gasteiger charge is 2.07. The monoisotopic (exact) mass is 302 g/mol. The molecule has 3 nitrogen and oxygen atoms in total. The molecule has 0 aromatic heterocycles. The first-order chi connectivity index (χ1) is 10.2. The van der Waals surface area contributed by atoms with Crippen molar-refractivity contribution >= 4 is 17.5 Å². The van der Waals surface area contributed by atoms with Gasteiger partial charge in [0.05, 0.1) is 6.61 Å². The van der Waals surface area contributed by atoms with Crippen LogP contribution in [0.2, 0.25) is 0 Å². The molecule has 0 fully saturated rings. The zero-order chi connectivity index (χ0) is 15.1. The second kappa shape index (κ2) is 7.74. The number of benzene rings is 2. The Bertz CT molecular complexity index is 576. The molecular formula is C17H18O3S. The number of ether oxygens (including phenoxy) is 2. The lowest BCUT2D eigenvalue weighted by Gasteiger charge is -2.07. The Balaban J connectivity index is 1.90. The number of carbonyl (C=O) groups excluding carboxylic acids is 1. The Hall–Kier alpha value is -1.94. The van der Waals surface area contributed by atoms with Gasteiger partial charge in [0.2, 0.25) is 0 Å². The van der Waals surface area contributed by atoms with Gasteiger partial charge < -0.3 is 9.47 Å². The van der Waals surface area contributed by atoms with Crippen LogP contribution in [0, 0.1) is 0 Å². The average molecular weight is 302 g/mol. The number of rotatable bonds is 7. The molecule has 0 saturated heterocycles. The third-order valence-corrected chi connectivity index (χ3v) is 3.66. The minimum absolute atomic E-state index is 0.0310. The zero-order valence-electron chi connectivity index (χ0n) is 12.2. The van der Waals surface area contributed by atoms with Crippen LogP contribution in [0.3, 0.4) is 0 Å². The highest BCUT2D eigenvalue weighted by molar-refractivity contribution is 7.98. The van der Waals surface area contributed by atoms with E-state index >= 15 is 0 Å². The van der Waals surface area contributed by atoms with Crippen molar-refractivity contribution in [1.82, 2.24) is 0 Å². The summed E-state index contributed by atoms with van der Waals surface area (Å²) < 4.78 is 10.9.